The van der Waals surface area contributed by atoms with Crippen molar-refractivity contribution in [2.75, 3.05) is 27.2 Å². The Morgan fingerprint density at radius 1 is 1.32 bits per heavy atom. The lowest BCUT2D eigenvalue weighted by Crippen LogP contribution is -2.48. The van der Waals surface area contributed by atoms with Gasteiger partial charge in [0.2, 0.25) is 5.91 Å². The molecule has 3 rings (SSSR count). The van der Waals surface area contributed by atoms with Crippen LogP contribution in [0.25, 0.3) is 0 Å². The first-order valence-electron chi connectivity index (χ1n) is 10.1. The van der Waals surface area contributed by atoms with E-state index in [4.69, 9.17) is 4.74 Å². The number of hydrogen-bond acceptors (Lipinski definition) is 3. The quantitative estimate of drug-likeness (QED) is 0.554. The Bertz CT molecular complexity index is 709. The molecular weight excluding hydrogens is 359 g/mol. The number of carbonyl (C=O) groups is 1. The Morgan fingerprint density at radius 2 is 2.11 bits per heavy atom. The lowest BCUT2D eigenvalue weighted by atomic mass is 9.95. The maximum atomic E-state index is 13.8. The molecular formula is C21H31FN4O2. The van der Waals surface area contributed by atoms with Crippen LogP contribution in [0.5, 0.6) is 5.75 Å². The number of nitrogens with zero attached hydrogens (tertiary/aromatic N) is 2. The number of nitrogens with one attached hydrogen (secondary N) is 2. The van der Waals surface area contributed by atoms with Crippen LogP contribution in [0.15, 0.2) is 29.3 Å². The van der Waals surface area contributed by atoms with Crippen molar-refractivity contribution in [1.82, 2.24) is 15.5 Å². The summed E-state index contributed by atoms with van der Waals surface area (Å²) >= 11 is 0. The summed E-state index contributed by atoms with van der Waals surface area (Å²) < 4.78 is 19.5. The molecule has 0 heterocycles. The maximum Gasteiger partial charge on any atom is 0.243 e. The third-order valence-electron chi connectivity index (χ3n) is 5.65. The molecule has 1 amide bonds. The summed E-state index contributed by atoms with van der Waals surface area (Å²) in [7, 11) is 3.44. The first kappa shape index (κ1) is 20.4. The zero-order chi connectivity index (χ0) is 20.1. The number of benzene rings is 1. The molecule has 2 aliphatic rings. The highest BCUT2D eigenvalue weighted by Gasteiger charge is 2.39. The van der Waals surface area contributed by atoms with Crippen molar-refractivity contribution in [2.24, 2.45) is 16.8 Å². The number of carbonyl (C=O) groups excluding carboxylic acids is 1. The minimum absolute atomic E-state index is 0.0512. The van der Waals surface area contributed by atoms with Crippen LogP contribution in [-0.2, 0) is 4.79 Å². The summed E-state index contributed by atoms with van der Waals surface area (Å²) in [5.74, 6) is 1.93. The summed E-state index contributed by atoms with van der Waals surface area (Å²) in [5, 5.41) is 6.77. The highest BCUT2D eigenvalue weighted by atomic mass is 19.1. The number of fused-ring (bicyclic) bond motifs is 2. The van der Waals surface area contributed by atoms with Gasteiger partial charge in [0.05, 0.1) is 6.54 Å². The van der Waals surface area contributed by atoms with Crippen LogP contribution in [0.4, 0.5) is 4.39 Å². The number of guanidine groups is 1. The smallest absolute Gasteiger partial charge is 0.243 e. The first-order chi connectivity index (χ1) is 13.4. The van der Waals surface area contributed by atoms with Crippen LogP contribution < -0.4 is 15.4 Å². The van der Waals surface area contributed by atoms with Gasteiger partial charge in [0.1, 0.15) is 12.6 Å². The highest BCUT2D eigenvalue weighted by molar-refractivity contribution is 5.85. The molecule has 0 aliphatic heterocycles. The van der Waals surface area contributed by atoms with Crippen LogP contribution in [0.2, 0.25) is 0 Å². The summed E-state index contributed by atoms with van der Waals surface area (Å²) in [5.41, 5.74) is 0. The lowest BCUT2D eigenvalue weighted by Gasteiger charge is -2.26. The van der Waals surface area contributed by atoms with Crippen LogP contribution in [0, 0.1) is 17.7 Å². The zero-order valence-corrected chi connectivity index (χ0v) is 17.0. The molecule has 2 bridgehead atoms. The molecule has 6 nitrogen and oxygen atoms in total. The Hall–Kier alpha value is -2.31. The van der Waals surface area contributed by atoms with Crippen LogP contribution >= 0.6 is 0 Å². The van der Waals surface area contributed by atoms with E-state index in [0.29, 0.717) is 24.5 Å². The van der Waals surface area contributed by atoms with Crippen LogP contribution in [-0.4, -0.2) is 56.1 Å². The van der Waals surface area contributed by atoms with Gasteiger partial charge >= 0.3 is 0 Å². The maximum absolute atomic E-state index is 13.8. The zero-order valence-electron chi connectivity index (χ0n) is 17.0. The molecule has 2 saturated carbocycles. The third-order valence-corrected chi connectivity index (χ3v) is 5.65. The second-order valence-electron chi connectivity index (χ2n) is 8.12. The van der Waals surface area contributed by atoms with E-state index < -0.39 is 0 Å². The van der Waals surface area contributed by atoms with Crippen molar-refractivity contribution in [3.05, 3.63) is 30.1 Å². The minimum Gasteiger partial charge on any atom is -0.486 e. The Morgan fingerprint density at radius 3 is 2.75 bits per heavy atom. The van der Waals surface area contributed by atoms with E-state index in [2.05, 4.69) is 15.6 Å². The minimum atomic E-state index is -0.375. The predicted octanol–water partition coefficient (Wildman–Crippen LogP) is 2.41. The molecule has 0 saturated heterocycles. The average Bonchev–Trinajstić information content (AvgIpc) is 3.28. The average molecular weight is 391 g/mol. The fourth-order valence-electron chi connectivity index (χ4n) is 4.08. The van der Waals surface area contributed by atoms with E-state index in [0.717, 1.165) is 12.3 Å². The number of halogens is 1. The topological polar surface area (TPSA) is 66.0 Å². The number of hydrogen-bond donors (Lipinski definition) is 2. The van der Waals surface area contributed by atoms with Crippen LogP contribution in [0.3, 0.4) is 0 Å². The number of rotatable bonds is 7. The van der Waals surface area contributed by atoms with Gasteiger partial charge in [-0.25, -0.2) is 9.38 Å². The van der Waals surface area contributed by atoms with Crippen molar-refractivity contribution in [3.8, 4) is 5.75 Å². The molecule has 0 spiro atoms. The van der Waals surface area contributed by atoms with Crippen molar-refractivity contribution in [2.45, 2.75) is 44.8 Å². The largest absolute Gasteiger partial charge is 0.486 e. The van der Waals surface area contributed by atoms with Crippen molar-refractivity contribution < 1.29 is 13.9 Å². The second kappa shape index (κ2) is 9.26. The van der Waals surface area contributed by atoms with Gasteiger partial charge in [-0.05, 0) is 50.2 Å². The summed E-state index contributed by atoms with van der Waals surface area (Å²) in [6, 6.07) is 6.78. The van der Waals surface area contributed by atoms with Gasteiger partial charge in [-0.1, -0.05) is 18.6 Å². The van der Waals surface area contributed by atoms with Crippen molar-refractivity contribution >= 4 is 11.9 Å². The third kappa shape index (κ3) is 5.36. The molecule has 154 valence electrons. The first-order valence-corrected chi connectivity index (χ1v) is 10.1. The van der Waals surface area contributed by atoms with Gasteiger partial charge in [0.25, 0.3) is 0 Å². The molecule has 7 heteroatoms. The second-order valence-corrected chi connectivity index (χ2v) is 8.12. The Balaban J connectivity index is 1.57. The molecule has 28 heavy (non-hydrogen) atoms. The van der Waals surface area contributed by atoms with Gasteiger partial charge in [0, 0.05) is 20.1 Å². The fraction of sp³-hybridized carbons (Fsp3) is 0.619. The molecule has 4 atom stereocenters. The number of likely N-dealkylation sites (N-methyl/N-ethyl adjacent to an activating group) is 1. The van der Waals surface area contributed by atoms with E-state index in [1.807, 2.05) is 6.92 Å². The van der Waals surface area contributed by atoms with Gasteiger partial charge in [-0.15, -0.1) is 0 Å². The Labute approximate surface area is 166 Å². The summed E-state index contributed by atoms with van der Waals surface area (Å²) in [6.45, 7) is 2.42. The molecule has 2 fully saturated rings. The van der Waals surface area contributed by atoms with Crippen molar-refractivity contribution in [1.29, 1.82) is 0 Å². The van der Waals surface area contributed by atoms with E-state index in [9.17, 15) is 9.18 Å². The number of aliphatic imine (C=N–C) groups is 1. The normalized spacial score (nSPS) is 24.7. The van der Waals surface area contributed by atoms with E-state index in [1.165, 1.54) is 30.2 Å². The highest BCUT2D eigenvalue weighted by Crippen LogP contribution is 2.44. The SMILES string of the molecule is CC(CNC(=NCC(=O)N(C)C)NC1CC2CCC1C2)Oc1ccccc1F. The molecule has 1 aromatic carbocycles. The van der Waals surface area contributed by atoms with E-state index >= 15 is 0 Å². The molecule has 1 aromatic rings. The predicted molar refractivity (Wildman–Crippen MR) is 108 cm³/mol. The molecule has 2 N–H and O–H groups in total. The van der Waals surface area contributed by atoms with Crippen LogP contribution in [0.1, 0.15) is 32.6 Å². The van der Waals surface area contributed by atoms with Gasteiger partial charge < -0.3 is 20.3 Å². The van der Waals surface area contributed by atoms with E-state index in [1.54, 1.807) is 32.3 Å². The summed E-state index contributed by atoms with van der Waals surface area (Å²) in [6.07, 6.45) is 4.78. The fourth-order valence-corrected chi connectivity index (χ4v) is 4.08. The molecule has 2 aliphatic carbocycles. The summed E-state index contributed by atoms with van der Waals surface area (Å²) in [4.78, 5) is 17.9. The molecule has 4 unspecified atom stereocenters. The van der Waals surface area contributed by atoms with Gasteiger partial charge in [-0.2, -0.15) is 0 Å². The van der Waals surface area contributed by atoms with Gasteiger partial charge in [-0.3, -0.25) is 4.79 Å². The number of ether oxygens (including phenoxy) is 1. The van der Waals surface area contributed by atoms with Crippen molar-refractivity contribution in [3.63, 3.8) is 0 Å². The molecule has 0 aromatic heterocycles. The van der Waals surface area contributed by atoms with E-state index in [-0.39, 0.29) is 30.1 Å². The number of para-hydroxylation sites is 1. The lowest BCUT2D eigenvalue weighted by molar-refractivity contribution is -0.127. The monoisotopic (exact) mass is 390 g/mol. The standard InChI is InChI=1S/C21H31FN4O2/c1-14(28-19-7-5-4-6-17(19)22)12-23-21(24-13-20(27)26(2)3)25-18-11-15-8-9-16(18)10-15/h4-7,14-16,18H,8-13H2,1-3H3,(H2,23,24,25). The Kier molecular flexibility index (Phi) is 6.75. The number of amides is 1. The molecule has 0 radical (unpaired) electrons. The van der Waals surface area contributed by atoms with Gasteiger partial charge in [0.15, 0.2) is 17.5 Å².